The minimum Gasteiger partial charge on any atom is -0.459 e. The van der Waals surface area contributed by atoms with Crippen molar-refractivity contribution >= 4 is 5.97 Å². The van der Waals surface area contributed by atoms with E-state index in [2.05, 4.69) is 82.9 Å². The Hall–Kier alpha value is -2.79. The van der Waals surface area contributed by atoms with Crippen LogP contribution in [0.15, 0.2) is 72.3 Å². The number of hydrogen-bond acceptors (Lipinski definition) is 2. The molecule has 0 radical (unpaired) electrons. The van der Waals surface area contributed by atoms with Gasteiger partial charge in [0.2, 0.25) is 0 Å². The van der Waals surface area contributed by atoms with E-state index in [9.17, 15) is 4.79 Å². The molecule has 0 spiro atoms. The first-order valence-electron chi connectivity index (χ1n) is 17.7. The van der Waals surface area contributed by atoms with Crippen LogP contribution >= 0.6 is 0 Å². The lowest BCUT2D eigenvalue weighted by Gasteiger charge is -2.60. The molecule has 3 saturated carbocycles. The number of fused-ring (bicyclic) bond motifs is 5. The molecule has 234 valence electrons. The summed E-state index contributed by atoms with van der Waals surface area (Å²) in [6, 6.07) is 20.0. The van der Waals surface area contributed by atoms with Crippen molar-refractivity contribution in [3.05, 3.63) is 83.4 Å². The third-order valence-electron chi connectivity index (χ3n) is 12.8. The SMILES string of the molecule is CC(C)CCC[C@H](C)[C@H]1CC[C@@H]2[C@H]3C(C#Cc4ccccc4)=C[C@@H]4C[C@@H](OC(=O)c5ccccc5)CC[C@]4(C)[C@H]3CC[C@@]21C. The van der Waals surface area contributed by atoms with Gasteiger partial charge in [-0.1, -0.05) is 108 Å². The molecule has 0 aliphatic heterocycles. The highest BCUT2D eigenvalue weighted by atomic mass is 16.5. The molecular formula is C42H54O2. The molecule has 2 aromatic rings. The zero-order valence-electron chi connectivity index (χ0n) is 27.9. The standard InChI is InChI=1S/C42H54O2/c1-29(2)13-12-14-30(3)36-21-22-37-39-33(20-19-31-15-8-6-9-16-31)27-34-28-35(44-40(43)32-17-10-7-11-18-32)23-25-41(34,4)38(39)24-26-42(36,37)5/h6-11,15-18,27,29-30,34-39H,12-14,21-26,28H2,1-5H3/t30-,34+,35-,36+,37+,38-,39+,41-,42+/m0/s1. The molecule has 0 N–H and O–H groups in total. The Labute approximate surface area is 267 Å². The largest absolute Gasteiger partial charge is 0.459 e. The zero-order valence-corrected chi connectivity index (χ0v) is 27.9. The van der Waals surface area contributed by atoms with Crippen LogP contribution in [0.5, 0.6) is 0 Å². The van der Waals surface area contributed by atoms with Crippen molar-refractivity contribution in [2.75, 3.05) is 0 Å². The van der Waals surface area contributed by atoms with Gasteiger partial charge in [-0.05, 0) is 121 Å². The highest BCUT2D eigenvalue weighted by Crippen LogP contribution is 2.68. The molecule has 2 heteroatoms. The van der Waals surface area contributed by atoms with E-state index in [0.717, 1.165) is 42.6 Å². The molecule has 2 aromatic carbocycles. The van der Waals surface area contributed by atoms with Crippen LogP contribution in [-0.4, -0.2) is 12.1 Å². The number of carbonyl (C=O) groups excluding carboxylic acids is 1. The molecule has 3 fully saturated rings. The number of hydrogen-bond donors (Lipinski definition) is 0. The van der Waals surface area contributed by atoms with Crippen molar-refractivity contribution in [3.8, 4) is 11.8 Å². The van der Waals surface area contributed by atoms with Crippen molar-refractivity contribution in [1.29, 1.82) is 0 Å². The number of esters is 1. The maximum atomic E-state index is 13.0. The van der Waals surface area contributed by atoms with Crippen LogP contribution in [0.4, 0.5) is 0 Å². The van der Waals surface area contributed by atoms with Crippen LogP contribution in [-0.2, 0) is 4.74 Å². The highest BCUT2D eigenvalue weighted by molar-refractivity contribution is 5.89. The average molecular weight is 591 g/mol. The molecular weight excluding hydrogens is 536 g/mol. The van der Waals surface area contributed by atoms with Crippen molar-refractivity contribution in [3.63, 3.8) is 0 Å². The van der Waals surface area contributed by atoms with E-state index in [1.54, 1.807) is 0 Å². The third kappa shape index (κ3) is 6.06. The number of rotatable bonds is 7. The van der Waals surface area contributed by atoms with E-state index >= 15 is 0 Å². The van der Waals surface area contributed by atoms with E-state index in [1.807, 2.05) is 30.3 Å². The first kappa shape index (κ1) is 31.2. The van der Waals surface area contributed by atoms with Gasteiger partial charge < -0.3 is 4.74 Å². The van der Waals surface area contributed by atoms with Crippen LogP contribution in [0.25, 0.3) is 0 Å². The van der Waals surface area contributed by atoms with Gasteiger partial charge in [-0.15, -0.1) is 0 Å². The van der Waals surface area contributed by atoms with Crippen LogP contribution < -0.4 is 0 Å². The normalized spacial score (nSPS) is 34.9. The molecule has 0 amide bonds. The van der Waals surface area contributed by atoms with Gasteiger partial charge in [0.1, 0.15) is 6.10 Å². The van der Waals surface area contributed by atoms with E-state index in [0.29, 0.717) is 34.7 Å². The summed E-state index contributed by atoms with van der Waals surface area (Å²) in [5.74, 6) is 11.9. The van der Waals surface area contributed by atoms with Crippen molar-refractivity contribution in [2.24, 2.45) is 52.3 Å². The second-order valence-electron chi connectivity index (χ2n) is 15.8. The summed E-state index contributed by atoms with van der Waals surface area (Å²) >= 11 is 0. The Balaban J connectivity index is 1.29. The minimum absolute atomic E-state index is 0.0340. The molecule has 2 nitrogen and oxygen atoms in total. The second-order valence-corrected chi connectivity index (χ2v) is 15.8. The molecule has 44 heavy (non-hydrogen) atoms. The van der Waals surface area contributed by atoms with Crippen LogP contribution in [0.2, 0.25) is 0 Å². The summed E-state index contributed by atoms with van der Waals surface area (Å²) in [5.41, 5.74) is 3.77. The molecule has 9 atom stereocenters. The van der Waals surface area contributed by atoms with Crippen LogP contribution in [0.3, 0.4) is 0 Å². The number of ether oxygens (including phenoxy) is 1. The molecule has 0 unspecified atom stereocenters. The van der Waals surface area contributed by atoms with Gasteiger partial charge in [0.15, 0.2) is 0 Å². The summed E-state index contributed by atoms with van der Waals surface area (Å²) < 4.78 is 6.14. The second kappa shape index (κ2) is 12.9. The highest BCUT2D eigenvalue weighted by Gasteiger charge is 2.61. The fourth-order valence-corrected chi connectivity index (χ4v) is 10.4. The molecule has 0 heterocycles. The summed E-state index contributed by atoms with van der Waals surface area (Å²) in [4.78, 5) is 13.0. The van der Waals surface area contributed by atoms with Crippen molar-refractivity contribution in [1.82, 2.24) is 0 Å². The van der Waals surface area contributed by atoms with Crippen molar-refractivity contribution < 1.29 is 9.53 Å². The number of carbonyl (C=O) groups is 1. The van der Waals surface area contributed by atoms with E-state index in [4.69, 9.17) is 4.74 Å². The fraction of sp³-hybridized carbons (Fsp3) is 0.595. The summed E-state index contributed by atoms with van der Waals surface area (Å²) in [7, 11) is 0. The molecule has 4 aliphatic rings. The maximum Gasteiger partial charge on any atom is 0.338 e. The Morgan fingerprint density at radius 3 is 2.25 bits per heavy atom. The summed E-state index contributed by atoms with van der Waals surface area (Å²) in [6.45, 7) is 12.5. The predicted molar refractivity (Wildman–Crippen MR) is 181 cm³/mol. The lowest BCUT2D eigenvalue weighted by atomic mass is 9.44. The molecule has 0 aromatic heterocycles. The number of benzene rings is 2. The van der Waals surface area contributed by atoms with Crippen LogP contribution in [0.1, 0.15) is 115 Å². The number of allylic oxidation sites excluding steroid dienone is 2. The monoisotopic (exact) mass is 590 g/mol. The van der Waals surface area contributed by atoms with Gasteiger partial charge in [0.25, 0.3) is 0 Å². The van der Waals surface area contributed by atoms with E-state index in [-0.39, 0.29) is 17.5 Å². The average Bonchev–Trinajstić information content (AvgIpc) is 3.38. The quantitative estimate of drug-likeness (QED) is 0.237. The zero-order chi connectivity index (χ0) is 30.9. The Morgan fingerprint density at radius 2 is 1.52 bits per heavy atom. The van der Waals surface area contributed by atoms with Gasteiger partial charge in [-0.25, -0.2) is 4.79 Å². The maximum absolute atomic E-state index is 13.0. The topological polar surface area (TPSA) is 26.3 Å². The smallest absolute Gasteiger partial charge is 0.338 e. The van der Waals surface area contributed by atoms with Gasteiger partial charge in [0.05, 0.1) is 5.56 Å². The lowest BCUT2D eigenvalue weighted by molar-refractivity contribution is -0.0869. The lowest BCUT2D eigenvalue weighted by Crippen LogP contribution is -2.54. The van der Waals surface area contributed by atoms with Crippen molar-refractivity contribution in [2.45, 2.75) is 105 Å². The van der Waals surface area contributed by atoms with Gasteiger partial charge in [-0.2, -0.15) is 0 Å². The van der Waals surface area contributed by atoms with E-state index in [1.165, 1.54) is 50.5 Å². The summed E-state index contributed by atoms with van der Waals surface area (Å²) in [6.07, 6.45) is 15.0. The first-order valence-corrected chi connectivity index (χ1v) is 17.7. The molecule has 0 saturated heterocycles. The Bertz CT molecular complexity index is 1380. The van der Waals surface area contributed by atoms with Gasteiger partial charge in [-0.3, -0.25) is 0 Å². The predicted octanol–water partition coefficient (Wildman–Crippen LogP) is 10.5. The molecule has 0 bridgehead atoms. The summed E-state index contributed by atoms with van der Waals surface area (Å²) in [5, 5.41) is 0. The van der Waals surface area contributed by atoms with Gasteiger partial charge >= 0.3 is 5.97 Å². The third-order valence-corrected chi connectivity index (χ3v) is 12.8. The first-order chi connectivity index (χ1) is 21.2. The minimum atomic E-state index is -0.186. The fourth-order valence-electron chi connectivity index (χ4n) is 10.4. The van der Waals surface area contributed by atoms with Gasteiger partial charge in [0, 0.05) is 11.1 Å². The molecule has 4 aliphatic carbocycles. The Morgan fingerprint density at radius 1 is 0.841 bits per heavy atom. The molecule has 6 rings (SSSR count). The van der Waals surface area contributed by atoms with Crippen LogP contribution in [0, 0.1) is 64.1 Å². The van der Waals surface area contributed by atoms with E-state index < -0.39 is 0 Å². The Kier molecular flexibility index (Phi) is 9.15.